The molecule has 5 nitrogen and oxygen atoms in total. The molecule has 2 aromatic rings. The molecule has 0 saturated carbocycles. The topological polar surface area (TPSA) is 65.0 Å². The van der Waals surface area contributed by atoms with E-state index in [1.807, 2.05) is 18.2 Å². The minimum absolute atomic E-state index is 0.0707. The molecular formula is C17H16O5. The maximum atomic E-state index is 11.6. The molecule has 1 N–H and O–H groups in total. The Morgan fingerprint density at radius 3 is 2.55 bits per heavy atom. The number of methoxy groups -OCH3 is 1. The van der Waals surface area contributed by atoms with Gasteiger partial charge in [-0.3, -0.25) is 0 Å². The van der Waals surface area contributed by atoms with Crippen molar-refractivity contribution in [2.75, 3.05) is 13.9 Å². The number of fused-ring (bicyclic) bond motifs is 1. The van der Waals surface area contributed by atoms with Crippen LogP contribution >= 0.6 is 0 Å². The van der Waals surface area contributed by atoms with Gasteiger partial charge in [-0.2, -0.15) is 0 Å². The number of esters is 1. The Hall–Kier alpha value is -2.69. The van der Waals surface area contributed by atoms with Crippen molar-refractivity contribution in [3.05, 3.63) is 53.1 Å². The number of hydrogen-bond donors (Lipinski definition) is 1. The molecule has 1 heterocycles. The number of aromatic hydroxyl groups is 1. The van der Waals surface area contributed by atoms with Gasteiger partial charge in [0.25, 0.3) is 0 Å². The van der Waals surface area contributed by atoms with E-state index >= 15 is 0 Å². The third-order valence-corrected chi connectivity index (χ3v) is 3.61. The molecule has 114 valence electrons. The van der Waals surface area contributed by atoms with E-state index in [4.69, 9.17) is 9.47 Å². The highest BCUT2D eigenvalue weighted by Crippen LogP contribution is 2.32. The van der Waals surface area contributed by atoms with Crippen LogP contribution in [0.1, 0.15) is 21.5 Å². The van der Waals surface area contributed by atoms with Crippen LogP contribution in [0.5, 0.6) is 17.2 Å². The number of carbonyl (C=O) groups excluding carboxylic acids is 1. The lowest BCUT2D eigenvalue weighted by atomic mass is 10.0. The van der Waals surface area contributed by atoms with Gasteiger partial charge in [0.1, 0.15) is 11.3 Å². The largest absolute Gasteiger partial charge is 0.507 e. The Labute approximate surface area is 128 Å². The van der Waals surface area contributed by atoms with Crippen LogP contribution in [-0.4, -0.2) is 25.0 Å². The van der Waals surface area contributed by atoms with Crippen molar-refractivity contribution in [2.45, 2.75) is 12.8 Å². The van der Waals surface area contributed by atoms with Gasteiger partial charge in [-0.05, 0) is 48.2 Å². The van der Waals surface area contributed by atoms with E-state index in [2.05, 4.69) is 4.74 Å². The summed E-state index contributed by atoms with van der Waals surface area (Å²) in [7, 11) is 1.29. The summed E-state index contributed by atoms with van der Waals surface area (Å²) in [5.74, 6) is 0.918. The van der Waals surface area contributed by atoms with Gasteiger partial charge in [-0.25, -0.2) is 4.79 Å². The number of hydrogen-bond acceptors (Lipinski definition) is 5. The molecule has 2 aromatic carbocycles. The van der Waals surface area contributed by atoms with Crippen molar-refractivity contribution in [1.29, 1.82) is 0 Å². The van der Waals surface area contributed by atoms with Gasteiger partial charge in [0.2, 0.25) is 6.79 Å². The predicted molar refractivity (Wildman–Crippen MR) is 79.4 cm³/mol. The number of rotatable bonds is 4. The second-order valence-electron chi connectivity index (χ2n) is 5.03. The normalized spacial score (nSPS) is 12.2. The first kappa shape index (κ1) is 14.3. The Morgan fingerprint density at radius 1 is 1.09 bits per heavy atom. The first-order valence-electron chi connectivity index (χ1n) is 6.96. The minimum Gasteiger partial charge on any atom is -0.507 e. The van der Waals surface area contributed by atoms with Crippen molar-refractivity contribution >= 4 is 5.97 Å². The van der Waals surface area contributed by atoms with Gasteiger partial charge in [-0.1, -0.05) is 12.1 Å². The molecule has 0 unspecified atom stereocenters. The summed E-state index contributed by atoms with van der Waals surface area (Å²) in [5, 5.41) is 9.70. The highest BCUT2D eigenvalue weighted by atomic mass is 16.7. The molecule has 0 fully saturated rings. The van der Waals surface area contributed by atoms with Crippen LogP contribution in [-0.2, 0) is 17.6 Å². The summed E-state index contributed by atoms with van der Waals surface area (Å²) in [6.45, 7) is 0.263. The first-order valence-corrected chi connectivity index (χ1v) is 6.96. The Morgan fingerprint density at radius 2 is 1.77 bits per heavy atom. The van der Waals surface area contributed by atoms with E-state index in [0.717, 1.165) is 35.5 Å². The number of benzene rings is 2. The molecule has 0 aliphatic carbocycles. The summed E-state index contributed by atoms with van der Waals surface area (Å²) in [4.78, 5) is 11.6. The van der Waals surface area contributed by atoms with E-state index in [0.29, 0.717) is 0 Å². The maximum absolute atomic E-state index is 11.6. The lowest BCUT2D eigenvalue weighted by molar-refractivity contribution is 0.0597. The van der Waals surface area contributed by atoms with Gasteiger partial charge in [-0.15, -0.1) is 0 Å². The van der Waals surface area contributed by atoms with E-state index < -0.39 is 5.97 Å². The summed E-state index contributed by atoms with van der Waals surface area (Å²) >= 11 is 0. The summed E-state index contributed by atoms with van der Waals surface area (Å²) < 4.78 is 15.3. The zero-order valence-electron chi connectivity index (χ0n) is 12.2. The Kier molecular flexibility index (Phi) is 3.87. The lowest BCUT2D eigenvalue weighted by Crippen LogP contribution is -2.03. The molecule has 0 saturated heterocycles. The third-order valence-electron chi connectivity index (χ3n) is 3.61. The molecule has 0 radical (unpaired) electrons. The molecule has 1 aliphatic rings. The molecular weight excluding hydrogens is 284 g/mol. The van der Waals surface area contributed by atoms with Crippen LogP contribution in [0.2, 0.25) is 0 Å². The zero-order valence-corrected chi connectivity index (χ0v) is 12.2. The van der Waals surface area contributed by atoms with E-state index in [9.17, 15) is 9.90 Å². The molecule has 22 heavy (non-hydrogen) atoms. The highest BCUT2D eigenvalue weighted by molar-refractivity contribution is 5.92. The van der Waals surface area contributed by atoms with Crippen molar-refractivity contribution in [1.82, 2.24) is 0 Å². The van der Waals surface area contributed by atoms with Gasteiger partial charge >= 0.3 is 5.97 Å². The minimum atomic E-state index is -0.539. The summed E-state index contributed by atoms with van der Waals surface area (Å²) in [5.41, 5.74) is 2.26. The molecule has 0 bridgehead atoms. The van der Waals surface area contributed by atoms with Crippen LogP contribution in [0.4, 0.5) is 0 Å². The van der Waals surface area contributed by atoms with Crippen LogP contribution in [0.25, 0.3) is 0 Å². The third kappa shape index (κ3) is 2.83. The molecule has 0 aromatic heterocycles. The summed E-state index contributed by atoms with van der Waals surface area (Å²) in [6, 6.07) is 10.8. The predicted octanol–water partition coefficient (Wildman–Crippen LogP) is 2.69. The molecule has 3 rings (SSSR count). The van der Waals surface area contributed by atoms with Crippen molar-refractivity contribution < 1.29 is 24.1 Å². The monoisotopic (exact) mass is 300 g/mol. The van der Waals surface area contributed by atoms with Crippen LogP contribution in [0.15, 0.2) is 36.4 Å². The number of phenols is 1. The fourth-order valence-corrected chi connectivity index (χ4v) is 2.40. The molecule has 5 heteroatoms. The van der Waals surface area contributed by atoms with Crippen molar-refractivity contribution in [2.24, 2.45) is 0 Å². The molecule has 0 amide bonds. The SMILES string of the molecule is COC(=O)c1cc(CCc2ccc3c(c2)OCO3)ccc1O. The average molecular weight is 300 g/mol. The van der Waals surface area contributed by atoms with Gasteiger partial charge in [0, 0.05) is 0 Å². The second-order valence-corrected chi connectivity index (χ2v) is 5.03. The molecule has 0 atom stereocenters. The smallest absolute Gasteiger partial charge is 0.341 e. The van der Waals surface area contributed by atoms with Gasteiger partial charge in [0.05, 0.1) is 7.11 Å². The quantitative estimate of drug-likeness (QED) is 0.879. The lowest BCUT2D eigenvalue weighted by Gasteiger charge is -2.07. The first-order chi connectivity index (χ1) is 10.7. The van der Waals surface area contributed by atoms with Crippen molar-refractivity contribution in [3.8, 4) is 17.2 Å². The maximum Gasteiger partial charge on any atom is 0.341 e. The number of ether oxygens (including phenoxy) is 3. The standard InChI is InChI=1S/C17H16O5/c1-20-17(19)13-8-11(4-6-14(13)18)2-3-12-5-7-15-16(9-12)22-10-21-15/h4-9,18H,2-3,10H2,1H3. The van der Waals surface area contributed by atoms with E-state index in [-0.39, 0.29) is 18.1 Å². The number of phenolic OH excluding ortho intramolecular Hbond substituents is 1. The molecule has 0 spiro atoms. The number of carbonyl (C=O) groups is 1. The fourth-order valence-electron chi connectivity index (χ4n) is 2.40. The van der Waals surface area contributed by atoms with Gasteiger partial charge in [0.15, 0.2) is 11.5 Å². The fraction of sp³-hybridized carbons (Fsp3) is 0.235. The van der Waals surface area contributed by atoms with Crippen LogP contribution in [0.3, 0.4) is 0 Å². The highest BCUT2D eigenvalue weighted by Gasteiger charge is 2.14. The Balaban J connectivity index is 1.72. The average Bonchev–Trinajstić information content (AvgIpc) is 3.01. The Bertz CT molecular complexity index is 708. The van der Waals surface area contributed by atoms with Crippen LogP contribution < -0.4 is 9.47 Å². The molecule has 1 aliphatic heterocycles. The number of aryl methyl sites for hydroxylation is 2. The van der Waals surface area contributed by atoms with E-state index in [1.54, 1.807) is 12.1 Å². The van der Waals surface area contributed by atoms with Gasteiger partial charge < -0.3 is 19.3 Å². The van der Waals surface area contributed by atoms with Crippen LogP contribution in [0, 0.1) is 0 Å². The second kappa shape index (κ2) is 5.97. The van der Waals surface area contributed by atoms with E-state index in [1.165, 1.54) is 13.2 Å². The van der Waals surface area contributed by atoms with Crippen molar-refractivity contribution in [3.63, 3.8) is 0 Å². The summed E-state index contributed by atoms with van der Waals surface area (Å²) in [6.07, 6.45) is 1.53. The zero-order chi connectivity index (χ0) is 15.5.